The molecule has 26 heavy (non-hydrogen) atoms. The molecule has 1 aromatic carbocycles. The molecule has 9 heteroatoms. The van der Waals surface area contributed by atoms with Crippen LogP contribution in [-0.4, -0.2) is 47.1 Å². The number of nitrogens with zero attached hydrogens (tertiary/aromatic N) is 3. The molecule has 2 aliphatic rings. The number of imide groups is 1. The van der Waals surface area contributed by atoms with Crippen LogP contribution in [-0.2, 0) is 16.6 Å². The third kappa shape index (κ3) is 2.59. The fourth-order valence-electron chi connectivity index (χ4n) is 3.75. The molecule has 138 valence electrons. The second-order valence-electron chi connectivity index (χ2n) is 6.71. The van der Waals surface area contributed by atoms with Gasteiger partial charge in [0.05, 0.1) is 16.7 Å². The predicted octanol–water partition coefficient (Wildman–Crippen LogP) is -0.134. The highest BCUT2D eigenvalue weighted by molar-refractivity contribution is 6.00. The number of fused-ring (bicyclic) bond motifs is 1. The number of aromatic nitrogens is 2. The maximum absolute atomic E-state index is 14.8. The number of anilines is 1. The van der Waals surface area contributed by atoms with Gasteiger partial charge in [0.1, 0.15) is 11.9 Å². The minimum atomic E-state index is -0.812. The Morgan fingerprint density at radius 3 is 2.54 bits per heavy atom. The number of rotatable bonds is 2. The van der Waals surface area contributed by atoms with E-state index in [-0.39, 0.29) is 18.7 Å². The molecule has 0 bridgehead atoms. The van der Waals surface area contributed by atoms with Crippen molar-refractivity contribution in [1.82, 2.24) is 19.8 Å². The van der Waals surface area contributed by atoms with Crippen molar-refractivity contribution in [2.45, 2.75) is 18.9 Å². The van der Waals surface area contributed by atoms with E-state index in [2.05, 4.69) is 10.6 Å². The van der Waals surface area contributed by atoms with E-state index in [1.807, 2.05) is 4.90 Å². The van der Waals surface area contributed by atoms with Gasteiger partial charge in [0.25, 0.3) is 0 Å². The second kappa shape index (κ2) is 6.24. The molecule has 8 nitrogen and oxygen atoms in total. The molecule has 2 aromatic rings. The molecule has 2 saturated heterocycles. The van der Waals surface area contributed by atoms with Crippen LogP contribution in [0.15, 0.2) is 16.9 Å². The largest absolute Gasteiger partial charge is 0.367 e. The molecular formula is C17H20FN5O3. The summed E-state index contributed by atoms with van der Waals surface area (Å²) in [6, 6.07) is 2.17. The van der Waals surface area contributed by atoms with Gasteiger partial charge in [-0.3, -0.25) is 24.0 Å². The first-order chi connectivity index (χ1) is 12.5. The zero-order valence-electron chi connectivity index (χ0n) is 14.4. The van der Waals surface area contributed by atoms with Crippen molar-refractivity contribution in [1.29, 1.82) is 0 Å². The summed E-state index contributed by atoms with van der Waals surface area (Å²) in [5.41, 5.74) is 0.986. The highest BCUT2D eigenvalue weighted by Gasteiger charge is 2.31. The summed E-state index contributed by atoms with van der Waals surface area (Å²) in [5, 5.41) is 5.47. The number of aryl methyl sites for hydroxylation is 1. The van der Waals surface area contributed by atoms with E-state index in [4.69, 9.17) is 0 Å². The van der Waals surface area contributed by atoms with Crippen molar-refractivity contribution < 1.29 is 14.0 Å². The highest BCUT2D eigenvalue weighted by Crippen LogP contribution is 2.29. The number of piperidine rings is 1. The fourth-order valence-corrected chi connectivity index (χ4v) is 3.75. The lowest BCUT2D eigenvalue weighted by Crippen LogP contribution is -2.44. The Morgan fingerprint density at radius 2 is 1.85 bits per heavy atom. The van der Waals surface area contributed by atoms with Gasteiger partial charge in [-0.05, 0) is 12.5 Å². The molecule has 2 aliphatic heterocycles. The molecule has 1 atom stereocenters. The van der Waals surface area contributed by atoms with Crippen molar-refractivity contribution in [3.8, 4) is 0 Å². The van der Waals surface area contributed by atoms with Crippen LogP contribution in [0.1, 0.15) is 18.9 Å². The Bertz CT molecular complexity index is 957. The topological polar surface area (TPSA) is 88.4 Å². The van der Waals surface area contributed by atoms with Crippen LogP contribution in [0.3, 0.4) is 0 Å². The summed E-state index contributed by atoms with van der Waals surface area (Å²) in [6.45, 7) is 2.91. The lowest BCUT2D eigenvalue weighted by Gasteiger charge is -2.29. The van der Waals surface area contributed by atoms with Gasteiger partial charge in [0, 0.05) is 45.7 Å². The summed E-state index contributed by atoms with van der Waals surface area (Å²) in [4.78, 5) is 38.3. The third-order valence-corrected chi connectivity index (χ3v) is 5.14. The Balaban J connectivity index is 1.84. The number of benzene rings is 1. The summed E-state index contributed by atoms with van der Waals surface area (Å²) in [6.07, 6.45) is 0.380. The number of imidazole rings is 1. The zero-order valence-corrected chi connectivity index (χ0v) is 14.4. The second-order valence-corrected chi connectivity index (χ2v) is 6.71. The minimum absolute atomic E-state index is 0.153. The zero-order chi connectivity index (χ0) is 18.4. The van der Waals surface area contributed by atoms with Gasteiger partial charge >= 0.3 is 5.69 Å². The van der Waals surface area contributed by atoms with Gasteiger partial charge in [0.15, 0.2) is 0 Å². The van der Waals surface area contributed by atoms with E-state index in [0.717, 1.165) is 13.1 Å². The molecule has 2 fully saturated rings. The molecule has 0 aliphatic carbocycles. The lowest BCUT2D eigenvalue weighted by molar-refractivity contribution is -0.135. The summed E-state index contributed by atoms with van der Waals surface area (Å²) < 4.78 is 17.5. The molecule has 4 rings (SSSR count). The Kier molecular flexibility index (Phi) is 4.03. The van der Waals surface area contributed by atoms with Crippen molar-refractivity contribution in [2.24, 2.45) is 7.05 Å². The van der Waals surface area contributed by atoms with Crippen molar-refractivity contribution in [3.63, 3.8) is 0 Å². The minimum Gasteiger partial charge on any atom is -0.367 e. The Morgan fingerprint density at radius 1 is 1.12 bits per heavy atom. The molecule has 0 radical (unpaired) electrons. The summed E-state index contributed by atoms with van der Waals surface area (Å²) in [5.74, 6) is -1.31. The van der Waals surface area contributed by atoms with Gasteiger partial charge in [-0.15, -0.1) is 0 Å². The number of piperazine rings is 1. The van der Waals surface area contributed by atoms with E-state index in [9.17, 15) is 18.8 Å². The summed E-state index contributed by atoms with van der Waals surface area (Å²) >= 11 is 0. The standard InChI is InChI=1S/C17H20FN5O3/c1-21-13-9-12(22-6-4-19-5-7-22)10(18)8-14(13)23(17(21)26)11-2-3-15(24)20-16(11)25/h8-9,11,19H,2-7H2,1H3,(H,20,24,25). The van der Waals surface area contributed by atoms with Crippen LogP contribution >= 0.6 is 0 Å². The molecule has 2 amide bonds. The number of amides is 2. The van der Waals surface area contributed by atoms with Crippen LogP contribution in [0.5, 0.6) is 0 Å². The van der Waals surface area contributed by atoms with Gasteiger partial charge in [-0.25, -0.2) is 9.18 Å². The quantitative estimate of drug-likeness (QED) is 0.728. The van der Waals surface area contributed by atoms with E-state index in [1.165, 1.54) is 15.2 Å². The lowest BCUT2D eigenvalue weighted by atomic mass is 10.1. The molecule has 2 N–H and O–H groups in total. The van der Waals surface area contributed by atoms with Crippen molar-refractivity contribution in [2.75, 3.05) is 31.1 Å². The molecular weight excluding hydrogens is 341 g/mol. The van der Waals surface area contributed by atoms with E-state index in [0.29, 0.717) is 29.8 Å². The molecule has 1 aromatic heterocycles. The van der Waals surface area contributed by atoms with Crippen LogP contribution in [0, 0.1) is 5.82 Å². The highest BCUT2D eigenvalue weighted by atomic mass is 19.1. The SMILES string of the molecule is Cn1c(=O)n(C2CCC(=O)NC2=O)c2cc(F)c(N3CCNCC3)cc21. The van der Waals surface area contributed by atoms with Gasteiger partial charge < -0.3 is 10.2 Å². The average Bonchev–Trinajstić information content (AvgIpc) is 2.86. The van der Waals surface area contributed by atoms with Gasteiger partial charge in [-0.1, -0.05) is 0 Å². The van der Waals surface area contributed by atoms with Crippen LogP contribution in [0.2, 0.25) is 0 Å². The number of halogens is 1. The Labute approximate surface area is 148 Å². The fraction of sp³-hybridized carbons (Fsp3) is 0.471. The Hall–Kier alpha value is -2.68. The molecule has 0 spiro atoms. The summed E-state index contributed by atoms with van der Waals surface area (Å²) in [7, 11) is 1.60. The average molecular weight is 361 g/mol. The van der Waals surface area contributed by atoms with E-state index >= 15 is 0 Å². The van der Waals surface area contributed by atoms with Crippen molar-refractivity contribution in [3.05, 3.63) is 28.4 Å². The molecule has 1 unspecified atom stereocenters. The maximum Gasteiger partial charge on any atom is 0.329 e. The van der Waals surface area contributed by atoms with Crippen LogP contribution in [0.25, 0.3) is 11.0 Å². The maximum atomic E-state index is 14.8. The number of carbonyl (C=O) groups is 2. The monoisotopic (exact) mass is 361 g/mol. The number of nitrogens with one attached hydrogen (secondary N) is 2. The number of hydrogen-bond donors (Lipinski definition) is 2. The normalized spacial score (nSPS) is 21.3. The third-order valence-electron chi connectivity index (χ3n) is 5.14. The predicted molar refractivity (Wildman–Crippen MR) is 93.6 cm³/mol. The first-order valence-corrected chi connectivity index (χ1v) is 8.67. The van der Waals surface area contributed by atoms with Gasteiger partial charge in [-0.2, -0.15) is 0 Å². The van der Waals surface area contributed by atoms with Crippen LogP contribution < -0.4 is 21.2 Å². The first kappa shape index (κ1) is 16.8. The van der Waals surface area contributed by atoms with Crippen molar-refractivity contribution >= 4 is 28.5 Å². The number of carbonyl (C=O) groups excluding carboxylic acids is 2. The van der Waals surface area contributed by atoms with Crippen LogP contribution in [0.4, 0.5) is 10.1 Å². The van der Waals surface area contributed by atoms with E-state index < -0.39 is 23.5 Å². The van der Waals surface area contributed by atoms with E-state index in [1.54, 1.807) is 13.1 Å². The number of hydrogen-bond acceptors (Lipinski definition) is 5. The molecule has 0 saturated carbocycles. The first-order valence-electron chi connectivity index (χ1n) is 8.67. The smallest absolute Gasteiger partial charge is 0.329 e. The van der Waals surface area contributed by atoms with Gasteiger partial charge in [0.2, 0.25) is 11.8 Å². The molecule has 3 heterocycles.